The van der Waals surface area contributed by atoms with E-state index in [1.54, 1.807) is 22.7 Å². The molecule has 0 aromatic carbocycles. The van der Waals surface area contributed by atoms with E-state index in [0.717, 1.165) is 10.7 Å². The van der Waals surface area contributed by atoms with E-state index in [1.165, 1.54) is 5.56 Å². The van der Waals surface area contributed by atoms with Gasteiger partial charge in [-0.3, -0.25) is 0 Å². The van der Waals surface area contributed by atoms with Gasteiger partial charge in [-0.1, -0.05) is 0 Å². The number of rotatable bonds is 2. The second-order valence-electron chi connectivity index (χ2n) is 2.34. The molecule has 0 radical (unpaired) electrons. The summed E-state index contributed by atoms with van der Waals surface area (Å²) in [6.45, 7) is 0.537. The molecule has 0 atom stereocenters. The summed E-state index contributed by atoms with van der Waals surface area (Å²) >= 11 is 3.30. The highest BCUT2D eigenvalue weighted by molar-refractivity contribution is 7.10. The second-order valence-corrected chi connectivity index (χ2v) is 4.07. The van der Waals surface area contributed by atoms with Crippen LogP contribution < -0.4 is 5.73 Å². The SMILES string of the molecule is NCc1nc(-c2ccsc2)cs1. The largest absolute Gasteiger partial charge is 0.325 e. The molecule has 0 aliphatic heterocycles. The second kappa shape index (κ2) is 3.35. The summed E-state index contributed by atoms with van der Waals surface area (Å²) in [7, 11) is 0. The fourth-order valence-corrected chi connectivity index (χ4v) is 2.28. The van der Waals surface area contributed by atoms with Gasteiger partial charge in [0.05, 0.1) is 5.69 Å². The Morgan fingerprint density at radius 3 is 2.92 bits per heavy atom. The normalized spacial score (nSPS) is 10.4. The maximum atomic E-state index is 5.47. The van der Waals surface area contributed by atoms with Crippen LogP contribution in [0.5, 0.6) is 0 Å². The van der Waals surface area contributed by atoms with Crippen LogP contribution in [0.4, 0.5) is 0 Å². The third kappa shape index (κ3) is 1.41. The topological polar surface area (TPSA) is 38.9 Å². The Balaban J connectivity index is 2.35. The van der Waals surface area contributed by atoms with E-state index in [9.17, 15) is 0 Å². The van der Waals surface area contributed by atoms with Crippen LogP contribution >= 0.6 is 22.7 Å². The Morgan fingerprint density at radius 2 is 2.33 bits per heavy atom. The molecule has 2 aromatic heterocycles. The number of aromatic nitrogens is 1. The van der Waals surface area contributed by atoms with E-state index in [-0.39, 0.29) is 0 Å². The van der Waals surface area contributed by atoms with Gasteiger partial charge in [0.2, 0.25) is 0 Å². The van der Waals surface area contributed by atoms with Gasteiger partial charge in [0.25, 0.3) is 0 Å². The fourth-order valence-electron chi connectivity index (χ4n) is 0.947. The van der Waals surface area contributed by atoms with Gasteiger partial charge in [-0.25, -0.2) is 4.98 Å². The lowest BCUT2D eigenvalue weighted by Crippen LogP contribution is -1.94. The van der Waals surface area contributed by atoms with Crippen LogP contribution in [-0.2, 0) is 6.54 Å². The van der Waals surface area contributed by atoms with E-state index in [1.807, 2.05) is 5.38 Å². The summed E-state index contributed by atoms with van der Waals surface area (Å²) in [6, 6.07) is 2.07. The van der Waals surface area contributed by atoms with E-state index < -0.39 is 0 Å². The minimum atomic E-state index is 0.537. The molecule has 2 rings (SSSR count). The molecular weight excluding hydrogens is 188 g/mol. The molecule has 0 aliphatic carbocycles. The first-order valence-corrected chi connectivity index (χ1v) is 5.39. The summed E-state index contributed by atoms with van der Waals surface area (Å²) in [5.74, 6) is 0. The minimum absolute atomic E-state index is 0.537. The number of hydrogen-bond donors (Lipinski definition) is 1. The number of hydrogen-bond acceptors (Lipinski definition) is 4. The van der Waals surface area contributed by atoms with E-state index >= 15 is 0 Å². The standard InChI is InChI=1S/C8H8N2S2/c9-3-8-10-7(5-12-8)6-1-2-11-4-6/h1-2,4-5H,3,9H2. The van der Waals surface area contributed by atoms with Crippen molar-refractivity contribution in [2.75, 3.05) is 0 Å². The lowest BCUT2D eigenvalue weighted by atomic mass is 10.3. The molecule has 0 saturated heterocycles. The molecule has 2 aromatic rings. The molecule has 0 spiro atoms. The van der Waals surface area contributed by atoms with Crippen molar-refractivity contribution in [3.8, 4) is 11.3 Å². The summed E-state index contributed by atoms with van der Waals surface area (Å²) in [5.41, 5.74) is 7.70. The van der Waals surface area contributed by atoms with Crippen LogP contribution in [-0.4, -0.2) is 4.98 Å². The van der Waals surface area contributed by atoms with Crippen molar-refractivity contribution in [2.45, 2.75) is 6.54 Å². The summed E-state index contributed by atoms with van der Waals surface area (Å²) in [6.07, 6.45) is 0. The maximum Gasteiger partial charge on any atom is 0.107 e. The molecule has 0 unspecified atom stereocenters. The van der Waals surface area contributed by atoms with Crippen molar-refractivity contribution in [1.29, 1.82) is 0 Å². The van der Waals surface area contributed by atoms with Crippen molar-refractivity contribution in [3.63, 3.8) is 0 Å². The van der Waals surface area contributed by atoms with Gasteiger partial charge in [-0.2, -0.15) is 11.3 Å². The molecule has 0 aliphatic rings. The van der Waals surface area contributed by atoms with Gasteiger partial charge in [0.1, 0.15) is 5.01 Å². The first-order valence-electron chi connectivity index (χ1n) is 3.57. The van der Waals surface area contributed by atoms with Crippen molar-refractivity contribution < 1.29 is 0 Å². The number of thiophene rings is 1. The summed E-state index contributed by atoms with van der Waals surface area (Å²) < 4.78 is 0. The molecule has 12 heavy (non-hydrogen) atoms. The van der Waals surface area contributed by atoms with Gasteiger partial charge in [-0.05, 0) is 11.4 Å². The molecule has 2 heterocycles. The van der Waals surface area contributed by atoms with Gasteiger partial charge < -0.3 is 5.73 Å². The predicted octanol–water partition coefficient (Wildman–Crippen LogP) is 2.33. The van der Waals surface area contributed by atoms with Crippen LogP contribution in [0.25, 0.3) is 11.3 Å². The molecule has 2 N–H and O–H groups in total. The Kier molecular flexibility index (Phi) is 2.21. The number of nitrogens with two attached hydrogens (primary N) is 1. The smallest absolute Gasteiger partial charge is 0.107 e. The van der Waals surface area contributed by atoms with Crippen LogP contribution in [0.15, 0.2) is 22.2 Å². The third-order valence-electron chi connectivity index (χ3n) is 1.54. The lowest BCUT2D eigenvalue weighted by Gasteiger charge is -1.87. The zero-order chi connectivity index (χ0) is 8.39. The quantitative estimate of drug-likeness (QED) is 0.800. The highest BCUT2D eigenvalue weighted by Gasteiger charge is 2.02. The Morgan fingerprint density at radius 1 is 1.42 bits per heavy atom. The van der Waals surface area contributed by atoms with E-state index in [4.69, 9.17) is 5.73 Å². The fraction of sp³-hybridized carbons (Fsp3) is 0.125. The van der Waals surface area contributed by atoms with Crippen molar-refractivity contribution in [1.82, 2.24) is 4.98 Å². The zero-order valence-corrected chi connectivity index (χ0v) is 7.99. The average molecular weight is 196 g/mol. The summed E-state index contributed by atoms with van der Waals surface area (Å²) in [4.78, 5) is 4.37. The average Bonchev–Trinajstić information content (AvgIpc) is 2.75. The van der Waals surface area contributed by atoms with Crippen LogP contribution in [0.2, 0.25) is 0 Å². The van der Waals surface area contributed by atoms with Crippen molar-refractivity contribution in [2.24, 2.45) is 5.73 Å². The maximum absolute atomic E-state index is 5.47. The molecule has 0 saturated carbocycles. The molecule has 4 heteroatoms. The van der Waals surface area contributed by atoms with Crippen molar-refractivity contribution in [3.05, 3.63) is 27.2 Å². The van der Waals surface area contributed by atoms with Crippen LogP contribution in [0.1, 0.15) is 5.01 Å². The predicted molar refractivity (Wildman–Crippen MR) is 53.3 cm³/mol. The lowest BCUT2D eigenvalue weighted by molar-refractivity contribution is 1.04. The Bertz CT molecular complexity index is 351. The van der Waals surface area contributed by atoms with E-state index in [2.05, 4.69) is 21.8 Å². The van der Waals surface area contributed by atoms with Gasteiger partial charge in [-0.15, -0.1) is 11.3 Å². The zero-order valence-electron chi connectivity index (χ0n) is 6.36. The molecule has 0 bridgehead atoms. The third-order valence-corrected chi connectivity index (χ3v) is 3.10. The Labute approximate surface area is 78.7 Å². The highest BCUT2D eigenvalue weighted by Crippen LogP contribution is 2.23. The molecule has 2 nitrogen and oxygen atoms in total. The van der Waals surface area contributed by atoms with Crippen LogP contribution in [0.3, 0.4) is 0 Å². The summed E-state index contributed by atoms with van der Waals surface area (Å²) in [5, 5.41) is 7.19. The monoisotopic (exact) mass is 196 g/mol. The molecule has 0 amide bonds. The highest BCUT2D eigenvalue weighted by atomic mass is 32.1. The van der Waals surface area contributed by atoms with Crippen LogP contribution in [0, 0.1) is 0 Å². The van der Waals surface area contributed by atoms with Gasteiger partial charge in [0, 0.05) is 22.9 Å². The number of thiazole rings is 1. The number of nitrogens with zero attached hydrogens (tertiary/aromatic N) is 1. The molecule has 62 valence electrons. The van der Waals surface area contributed by atoms with Gasteiger partial charge >= 0.3 is 0 Å². The Hall–Kier alpha value is -0.710. The molecular formula is C8H8N2S2. The van der Waals surface area contributed by atoms with E-state index in [0.29, 0.717) is 6.54 Å². The first kappa shape index (κ1) is 7.91. The minimum Gasteiger partial charge on any atom is -0.325 e. The first-order chi connectivity index (χ1) is 5.90. The molecule has 0 fully saturated rings. The van der Waals surface area contributed by atoms with Crippen molar-refractivity contribution >= 4 is 22.7 Å². The van der Waals surface area contributed by atoms with Gasteiger partial charge in [0.15, 0.2) is 0 Å².